The van der Waals surface area contributed by atoms with Gasteiger partial charge in [0.25, 0.3) is 5.91 Å². The Morgan fingerprint density at radius 2 is 1.85 bits per heavy atom. The number of hydrogen-bond acceptors (Lipinski definition) is 6. The molecule has 11 heteroatoms. The lowest BCUT2D eigenvalue weighted by Crippen LogP contribution is -2.56. The number of ether oxygens (including phenoxy) is 1. The van der Waals surface area contributed by atoms with E-state index in [0.717, 1.165) is 24.1 Å². The second kappa shape index (κ2) is 12.5. The Kier molecular flexibility index (Phi) is 9.08. The highest BCUT2D eigenvalue weighted by atomic mass is 19.4. The van der Waals surface area contributed by atoms with E-state index < -0.39 is 35.2 Å². The molecule has 2 aromatic rings. The molecule has 3 heterocycles. The topological polar surface area (TPSA) is 83.0 Å². The van der Waals surface area contributed by atoms with Gasteiger partial charge in [-0.15, -0.1) is 0 Å². The summed E-state index contributed by atoms with van der Waals surface area (Å²) in [6.45, 7) is 4.24. The maximum Gasteiger partial charge on any atom is 0.417 e. The van der Waals surface area contributed by atoms with Gasteiger partial charge >= 0.3 is 6.18 Å². The quantitative estimate of drug-likeness (QED) is 0.465. The zero-order valence-electron chi connectivity index (χ0n) is 21.9. The SMILES string of the molecule is CCCC1C(C(=O)N2CCN(c3ccccc3OCC=O)CC2)CCCN1C(=O)c1cnccc1C(F)(F)F. The number of hydrogen-bond donors (Lipinski definition) is 0. The van der Waals surface area contributed by atoms with E-state index in [1.807, 2.05) is 25.1 Å². The molecular formula is C28H33F3N4O4. The summed E-state index contributed by atoms with van der Waals surface area (Å²) in [5.74, 6) is -0.688. The fraction of sp³-hybridized carbons (Fsp3) is 0.500. The van der Waals surface area contributed by atoms with E-state index in [1.165, 1.54) is 4.90 Å². The first-order chi connectivity index (χ1) is 18.8. The molecule has 0 saturated carbocycles. The van der Waals surface area contributed by atoms with Crippen molar-refractivity contribution in [2.45, 2.75) is 44.8 Å². The Morgan fingerprint density at radius 3 is 2.54 bits per heavy atom. The normalized spacial score (nSPS) is 20.1. The van der Waals surface area contributed by atoms with Gasteiger partial charge in [0.05, 0.1) is 22.7 Å². The molecule has 0 bridgehead atoms. The fourth-order valence-corrected chi connectivity index (χ4v) is 5.58. The number of anilines is 1. The van der Waals surface area contributed by atoms with Crippen molar-refractivity contribution in [1.82, 2.24) is 14.8 Å². The Bertz CT molecular complexity index is 1170. The van der Waals surface area contributed by atoms with Crippen LogP contribution in [0.15, 0.2) is 42.7 Å². The third-order valence-electron chi connectivity index (χ3n) is 7.40. The predicted octanol–water partition coefficient (Wildman–Crippen LogP) is 4.05. The number of carbonyl (C=O) groups excluding carboxylic acids is 3. The average molecular weight is 547 g/mol. The summed E-state index contributed by atoms with van der Waals surface area (Å²) >= 11 is 0. The number of carbonyl (C=O) groups is 3. The highest BCUT2D eigenvalue weighted by Crippen LogP contribution is 2.35. The van der Waals surface area contributed by atoms with Crippen molar-refractivity contribution >= 4 is 23.8 Å². The molecule has 39 heavy (non-hydrogen) atoms. The third-order valence-corrected chi connectivity index (χ3v) is 7.40. The Balaban J connectivity index is 1.48. The van der Waals surface area contributed by atoms with Crippen molar-refractivity contribution in [3.63, 3.8) is 0 Å². The van der Waals surface area contributed by atoms with E-state index in [4.69, 9.17) is 4.74 Å². The van der Waals surface area contributed by atoms with E-state index in [9.17, 15) is 27.6 Å². The monoisotopic (exact) mass is 546 g/mol. The molecule has 2 unspecified atom stereocenters. The first-order valence-corrected chi connectivity index (χ1v) is 13.3. The summed E-state index contributed by atoms with van der Waals surface area (Å²) in [5, 5.41) is 0. The van der Waals surface area contributed by atoms with Gasteiger partial charge in [-0.05, 0) is 37.5 Å². The standard InChI is InChI=1S/C28H33F3N4O4/c1-2-6-23-20(7-5-12-35(23)27(38)21-19-32-11-10-22(21)28(29,30)31)26(37)34-15-13-33(14-16-34)24-8-3-4-9-25(24)39-18-17-36/h3-4,8-11,17,19-20,23H,2,5-7,12-16,18H2,1H3. The molecule has 2 aliphatic rings. The number of halogens is 3. The highest BCUT2D eigenvalue weighted by molar-refractivity contribution is 5.96. The first-order valence-electron chi connectivity index (χ1n) is 13.3. The van der Waals surface area contributed by atoms with Gasteiger partial charge in [0.2, 0.25) is 5.91 Å². The van der Waals surface area contributed by atoms with Crippen LogP contribution in [0, 0.1) is 5.92 Å². The number of nitrogens with zero attached hydrogens (tertiary/aromatic N) is 4. The van der Waals surface area contributed by atoms with Crippen LogP contribution in [0.4, 0.5) is 18.9 Å². The van der Waals surface area contributed by atoms with Crippen LogP contribution in [0.3, 0.4) is 0 Å². The van der Waals surface area contributed by atoms with Gasteiger partial charge in [-0.2, -0.15) is 13.2 Å². The number of alkyl halides is 3. The van der Waals surface area contributed by atoms with Gasteiger partial charge in [0.15, 0.2) is 6.29 Å². The van der Waals surface area contributed by atoms with Crippen LogP contribution in [0.2, 0.25) is 0 Å². The van der Waals surface area contributed by atoms with Gasteiger partial charge in [-0.1, -0.05) is 25.5 Å². The predicted molar refractivity (Wildman–Crippen MR) is 138 cm³/mol. The molecule has 4 rings (SSSR count). The van der Waals surface area contributed by atoms with Gasteiger partial charge < -0.3 is 19.4 Å². The summed E-state index contributed by atoms with van der Waals surface area (Å²) in [5.41, 5.74) is -0.648. The first kappa shape index (κ1) is 28.4. The molecule has 0 radical (unpaired) electrons. The number of pyridine rings is 1. The number of aromatic nitrogens is 1. The Morgan fingerprint density at radius 1 is 1.10 bits per heavy atom. The summed E-state index contributed by atoms with van der Waals surface area (Å²) in [6, 6.07) is 7.75. The molecule has 2 fully saturated rings. The van der Waals surface area contributed by atoms with E-state index in [0.29, 0.717) is 70.4 Å². The zero-order valence-corrected chi connectivity index (χ0v) is 21.9. The van der Waals surface area contributed by atoms with Gasteiger partial charge in [-0.25, -0.2) is 0 Å². The summed E-state index contributed by atoms with van der Waals surface area (Å²) in [4.78, 5) is 47.0. The van der Waals surface area contributed by atoms with Crippen molar-refractivity contribution < 1.29 is 32.3 Å². The second-order valence-corrected chi connectivity index (χ2v) is 9.78. The van der Waals surface area contributed by atoms with Crippen LogP contribution in [0.25, 0.3) is 0 Å². The number of benzene rings is 1. The molecule has 0 aliphatic carbocycles. The molecule has 0 N–H and O–H groups in total. The third kappa shape index (κ3) is 6.34. The molecule has 1 aromatic carbocycles. The van der Waals surface area contributed by atoms with E-state index in [-0.39, 0.29) is 12.5 Å². The average Bonchev–Trinajstić information content (AvgIpc) is 2.95. The summed E-state index contributed by atoms with van der Waals surface area (Å²) < 4.78 is 46.4. The molecule has 2 atom stereocenters. The van der Waals surface area contributed by atoms with Crippen LogP contribution in [-0.4, -0.2) is 78.3 Å². The highest BCUT2D eigenvalue weighted by Gasteiger charge is 2.43. The van der Waals surface area contributed by atoms with Crippen LogP contribution in [0.1, 0.15) is 48.5 Å². The number of para-hydroxylation sites is 2. The molecule has 2 aliphatic heterocycles. The number of rotatable bonds is 8. The smallest absolute Gasteiger partial charge is 0.417 e. The molecule has 0 spiro atoms. The van der Waals surface area contributed by atoms with Crippen molar-refractivity contribution in [2.75, 3.05) is 44.2 Å². The number of amides is 2. The Labute approximate surface area is 225 Å². The van der Waals surface area contributed by atoms with Crippen LogP contribution < -0.4 is 9.64 Å². The Hall–Kier alpha value is -3.63. The molecule has 210 valence electrons. The van der Waals surface area contributed by atoms with Gasteiger partial charge in [-0.3, -0.25) is 19.4 Å². The number of aldehydes is 1. The van der Waals surface area contributed by atoms with Gasteiger partial charge in [0, 0.05) is 51.2 Å². The van der Waals surface area contributed by atoms with Crippen molar-refractivity contribution in [3.05, 3.63) is 53.9 Å². The fourth-order valence-electron chi connectivity index (χ4n) is 5.58. The molecule has 8 nitrogen and oxygen atoms in total. The van der Waals surface area contributed by atoms with Crippen LogP contribution in [0.5, 0.6) is 5.75 Å². The van der Waals surface area contributed by atoms with Crippen molar-refractivity contribution in [1.29, 1.82) is 0 Å². The minimum atomic E-state index is -4.68. The van der Waals surface area contributed by atoms with Crippen molar-refractivity contribution in [3.8, 4) is 5.75 Å². The molecule has 2 saturated heterocycles. The van der Waals surface area contributed by atoms with Crippen LogP contribution >= 0.6 is 0 Å². The van der Waals surface area contributed by atoms with E-state index in [1.54, 1.807) is 11.0 Å². The molecule has 1 aromatic heterocycles. The summed E-state index contributed by atoms with van der Waals surface area (Å²) in [6.07, 6.45) is 0.314. The van der Waals surface area contributed by atoms with Gasteiger partial charge in [0.1, 0.15) is 12.4 Å². The second-order valence-electron chi connectivity index (χ2n) is 9.78. The zero-order chi connectivity index (χ0) is 28.0. The largest absolute Gasteiger partial charge is 0.484 e. The maximum absolute atomic E-state index is 13.7. The molecule has 2 amide bonds. The number of piperazine rings is 1. The van der Waals surface area contributed by atoms with Crippen LogP contribution in [-0.2, 0) is 15.8 Å². The number of likely N-dealkylation sites (tertiary alicyclic amines) is 1. The lowest BCUT2D eigenvalue weighted by molar-refractivity contribution is -0.140. The van der Waals surface area contributed by atoms with E-state index in [2.05, 4.69) is 9.88 Å². The van der Waals surface area contributed by atoms with Crippen molar-refractivity contribution in [2.24, 2.45) is 5.92 Å². The lowest BCUT2D eigenvalue weighted by atomic mass is 9.84. The summed E-state index contributed by atoms with van der Waals surface area (Å²) in [7, 11) is 0. The minimum absolute atomic E-state index is 0.0469. The maximum atomic E-state index is 13.7. The van der Waals surface area contributed by atoms with E-state index >= 15 is 0 Å². The lowest BCUT2D eigenvalue weighted by Gasteiger charge is -2.44. The molecular weight excluding hydrogens is 513 g/mol. The minimum Gasteiger partial charge on any atom is -0.484 e. The number of piperidine rings is 1.